The second-order valence-electron chi connectivity index (χ2n) is 3.88. The molecule has 0 aromatic carbocycles. The average Bonchev–Trinajstić information content (AvgIpc) is 2.23. The molecule has 1 aliphatic heterocycles. The number of ether oxygens (including phenoxy) is 1. The van der Waals surface area contributed by atoms with Crippen molar-refractivity contribution in [3.8, 4) is 0 Å². The third kappa shape index (κ3) is 2.43. The van der Waals surface area contributed by atoms with Gasteiger partial charge in [0.25, 0.3) is 0 Å². The Balaban J connectivity index is 1.91. The van der Waals surface area contributed by atoms with Crippen molar-refractivity contribution < 1.29 is 4.74 Å². The summed E-state index contributed by atoms with van der Waals surface area (Å²) in [5, 5.41) is 0. The molecule has 2 rings (SSSR count). The summed E-state index contributed by atoms with van der Waals surface area (Å²) in [7, 11) is 1.77. The van der Waals surface area contributed by atoms with Gasteiger partial charge in [-0.25, -0.2) is 0 Å². The Bertz CT molecular complexity index is 345. The molecule has 0 atom stereocenters. The fourth-order valence-electron chi connectivity index (χ4n) is 1.76. The molecule has 0 unspecified atom stereocenters. The topological polar surface area (TPSA) is 25.4 Å². The van der Waals surface area contributed by atoms with E-state index in [0.717, 1.165) is 25.2 Å². The molecular formula is C12H16N2O. The van der Waals surface area contributed by atoms with Gasteiger partial charge in [0.1, 0.15) is 0 Å². The molecule has 0 amide bonds. The molecule has 3 heteroatoms. The number of likely N-dealkylation sites (tertiary alicyclic amines) is 1. The molecule has 2 heterocycles. The van der Waals surface area contributed by atoms with E-state index in [1.165, 1.54) is 5.56 Å². The van der Waals surface area contributed by atoms with Crippen LogP contribution in [0.15, 0.2) is 25.0 Å². The van der Waals surface area contributed by atoms with Gasteiger partial charge in [0, 0.05) is 39.1 Å². The molecule has 0 bridgehead atoms. The minimum Gasteiger partial charge on any atom is -0.379 e. The van der Waals surface area contributed by atoms with E-state index in [2.05, 4.69) is 22.5 Å². The number of nitrogens with zero attached hydrogens (tertiary/aromatic N) is 2. The van der Waals surface area contributed by atoms with Crippen molar-refractivity contribution in [2.45, 2.75) is 12.6 Å². The van der Waals surface area contributed by atoms with Gasteiger partial charge >= 0.3 is 0 Å². The lowest BCUT2D eigenvalue weighted by Crippen LogP contribution is -2.50. The molecule has 0 radical (unpaired) electrons. The zero-order valence-corrected chi connectivity index (χ0v) is 9.02. The van der Waals surface area contributed by atoms with Crippen molar-refractivity contribution in [3.05, 3.63) is 36.2 Å². The third-order valence-electron chi connectivity index (χ3n) is 2.71. The lowest BCUT2D eigenvalue weighted by atomic mass is 10.1. The smallest absolute Gasteiger partial charge is 0.0825 e. The van der Waals surface area contributed by atoms with Crippen molar-refractivity contribution in [3.63, 3.8) is 0 Å². The highest BCUT2D eigenvalue weighted by Gasteiger charge is 2.25. The third-order valence-corrected chi connectivity index (χ3v) is 2.71. The molecule has 0 saturated carbocycles. The molecule has 1 aromatic heterocycles. The van der Waals surface area contributed by atoms with Gasteiger partial charge in [-0.2, -0.15) is 0 Å². The maximum absolute atomic E-state index is 5.23. The summed E-state index contributed by atoms with van der Waals surface area (Å²) in [6.45, 7) is 6.74. The molecule has 0 spiro atoms. The van der Waals surface area contributed by atoms with Crippen LogP contribution in [0.25, 0.3) is 6.08 Å². The minimum absolute atomic E-state index is 0.417. The second kappa shape index (κ2) is 4.55. The fourth-order valence-corrected chi connectivity index (χ4v) is 1.76. The van der Waals surface area contributed by atoms with Crippen LogP contribution in [0.4, 0.5) is 0 Å². The Kier molecular flexibility index (Phi) is 3.14. The first-order valence-corrected chi connectivity index (χ1v) is 5.13. The monoisotopic (exact) mass is 204 g/mol. The first-order chi connectivity index (χ1) is 7.31. The number of hydrogen-bond donors (Lipinski definition) is 0. The molecule has 0 aliphatic carbocycles. The summed E-state index contributed by atoms with van der Waals surface area (Å²) in [5.74, 6) is 0. The van der Waals surface area contributed by atoms with Crippen molar-refractivity contribution in [1.82, 2.24) is 9.88 Å². The number of hydrogen-bond acceptors (Lipinski definition) is 3. The van der Waals surface area contributed by atoms with E-state index in [9.17, 15) is 0 Å². The van der Waals surface area contributed by atoms with E-state index in [-0.39, 0.29) is 0 Å². The maximum Gasteiger partial charge on any atom is 0.0825 e. The van der Waals surface area contributed by atoms with E-state index in [4.69, 9.17) is 4.74 Å². The van der Waals surface area contributed by atoms with Crippen LogP contribution < -0.4 is 0 Å². The number of pyridine rings is 1. The fraction of sp³-hybridized carbons (Fsp3) is 0.417. The Hall–Kier alpha value is -1.19. The quantitative estimate of drug-likeness (QED) is 0.744. The van der Waals surface area contributed by atoms with Crippen molar-refractivity contribution in [2.24, 2.45) is 0 Å². The van der Waals surface area contributed by atoms with Crippen molar-refractivity contribution in [1.29, 1.82) is 0 Å². The Morgan fingerprint density at radius 1 is 1.60 bits per heavy atom. The summed E-state index contributed by atoms with van der Waals surface area (Å²) in [5.41, 5.74) is 2.32. The molecule has 1 aliphatic rings. The van der Waals surface area contributed by atoms with Gasteiger partial charge in [-0.15, -0.1) is 0 Å². The first-order valence-electron chi connectivity index (χ1n) is 5.13. The van der Waals surface area contributed by atoms with Crippen LogP contribution in [0, 0.1) is 0 Å². The van der Waals surface area contributed by atoms with Crippen LogP contribution in [-0.4, -0.2) is 36.2 Å². The molecule has 15 heavy (non-hydrogen) atoms. The van der Waals surface area contributed by atoms with Gasteiger partial charge in [0.2, 0.25) is 0 Å². The van der Waals surface area contributed by atoms with E-state index in [1.54, 1.807) is 7.11 Å². The first kappa shape index (κ1) is 10.3. The van der Waals surface area contributed by atoms with Crippen LogP contribution >= 0.6 is 0 Å². The van der Waals surface area contributed by atoms with Crippen molar-refractivity contribution >= 4 is 6.08 Å². The highest BCUT2D eigenvalue weighted by atomic mass is 16.5. The molecular weight excluding hydrogens is 188 g/mol. The summed E-state index contributed by atoms with van der Waals surface area (Å²) in [6, 6.07) is 2.13. The van der Waals surface area contributed by atoms with Gasteiger partial charge < -0.3 is 4.74 Å². The van der Waals surface area contributed by atoms with Gasteiger partial charge in [-0.1, -0.05) is 12.7 Å². The minimum atomic E-state index is 0.417. The lowest BCUT2D eigenvalue weighted by Gasteiger charge is -2.38. The number of aromatic nitrogens is 1. The Labute approximate surface area is 90.4 Å². The molecule has 1 aromatic rings. The molecule has 80 valence electrons. The predicted molar refractivity (Wildman–Crippen MR) is 60.4 cm³/mol. The van der Waals surface area contributed by atoms with Gasteiger partial charge in [0.15, 0.2) is 0 Å². The second-order valence-corrected chi connectivity index (χ2v) is 3.88. The standard InChI is InChI=1S/C12H16N2O/c1-3-10-4-11(6-13-5-10)7-14-8-12(9-14)15-2/h3-6,12H,1,7-9H2,2H3. The largest absolute Gasteiger partial charge is 0.379 e. The molecule has 3 nitrogen and oxygen atoms in total. The SMILES string of the molecule is C=Cc1cncc(CN2CC(OC)C2)c1. The summed E-state index contributed by atoms with van der Waals surface area (Å²) in [6.07, 6.45) is 5.97. The maximum atomic E-state index is 5.23. The number of methoxy groups -OCH3 is 1. The lowest BCUT2D eigenvalue weighted by molar-refractivity contribution is -0.0334. The predicted octanol–water partition coefficient (Wildman–Crippen LogP) is 1.56. The van der Waals surface area contributed by atoms with Crippen LogP contribution in [0.5, 0.6) is 0 Å². The van der Waals surface area contributed by atoms with E-state index < -0.39 is 0 Å². The number of rotatable bonds is 4. The zero-order valence-electron chi connectivity index (χ0n) is 9.02. The van der Waals surface area contributed by atoms with E-state index in [1.807, 2.05) is 18.5 Å². The van der Waals surface area contributed by atoms with Gasteiger partial charge in [-0.05, 0) is 17.2 Å². The van der Waals surface area contributed by atoms with E-state index >= 15 is 0 Å². The van der Waals surface area contributed by atoms with E-state index in [0.29, 0.717) is 6.10 Å². The molecule has 1 saturated heterocycles. The zero-order chi connectivity index (χ0) is 10.7. The van der Waals surface area contributed by atoms with Gasteiger partial charge in [0.05, 0.1) is 6.10 Å². The molecule has 0 N–H and O–H groups in total. The summed E-state index contributed by atoms with van der Waals surface area (Å²) >= 11 is 0. The van der Waals surface area contributed by atoms with Gasteiger partial charge in [-0.3, -0.25) is 9.88 Å². The normalized spacial score (nSPS) is 17.4. The summed E-state index contributed by atoms with van der Waals surface area (Å²) < 4.78 is 5.23. The van der Waals surface area contributed by atoms with Crippen LogP contribution in [-0.2, 0) is 11.3 Å². The highest BCUT2D eigenvalue weighted by Crippen LogP contribution is 2.15. The van der Waals surface area contributed by atoms with Crippen LogP contribution in [0.1, 0.15) is 11.1 Å². The molecule has 1 fully saturated rings. The Morgan fingerprint density at radius 2 is 2.40 bits per heavy atom. The van der Waals surface area contributed by atoms with Crippen LogP contribution in [0.3, 0.4) is 0 Å². The summed E-state index contributed by atoms with van der Waals surface area (Å²) in [4.78, 5) is 6.52. The van der Waals surface area contributed by atoms with Crippen molar-refractivity contribution in [2.75, 3.05) is 20.2 Å². The highest BCUT2D eigenvalue weighted by molar-refractivity contribution is 5.46. The van der Waals surface area contributed by atoms with Crippen LogP contribution in [0.2, 0.25) is 0 Å². The Morgan fingerprint density at radius 3 is 3.07 bits per heavy atom. The average molecular weight is 204 g/mol.